The summed E-state index contributed by atoms with van der Waals surface area (Å²) in [5, 5.41) is 3.13. The number of ether oxygens (including phenoxy) is 1. The summed E-state index contributed by atoms with van der Waals surface area (Å²) in [5.41, 5.74) is 5.99. The predicted molar refractivity (Wildman–Crippen MR) is 107 cm³/mol. The van der Waals surface area contributed by atoms with Crippen LogP contribution in [0.1, 0.15) is 26.3 Å². The van der Waals surface area contributed by atoms with Crippen LogP contribution in [0.2, 0.25) is 0 Å². The van der Waals surface area contributed by atoms with Gasteiger partial charge in [-0.05, 0) is 51.1 Å². The lowest BCUT2D eigenvalue weighted by molar-refractivity contribution is 0.415. The van der Waals surface area contributed by atoms with Crippen LogP contribution in [0.5, 0.6) is 5.75 Å². The van der Waals surface area contributed by atoms with E-state index >= 15 is 0 Å². The van der Waals surface area contributed by atoms with Gasteiger partial charge in [0, 0.05) is 28.2 Å². The zero-order chi connectivity index (χ0) is 19.8. The zero-order valence-electron chi connectivity index (χ0n) is 15.7. The fourth-order valence-electron chi connectivity index (χ4n) is 2.92. The molecule has 1 aromatic carbocycles. The minimum absolute atomic E-state index is 0.188. The van der Waals surface area contributed by atoms with Crippen molar-refractivity contribution in [2.75, 3.05) is 18.2 Å². The van der Waals surface area contributed by atoms with Crippen LogP contribution < -0.4 is 15.8 Å². The summed E-state index contributed by atoms with van der Waals surface area (Å²) in [6.07, 6.45) is 1.63. The summed E-state index contributed by atoms with van der Waals surface area (Å²) < 4.78 is 31.9. The van der Waals surface area contributed by atoms with Crippen molar-refractivity contribution >= 4 is 28.1 Å². The molecule has 1 aromatic heterocycles. The normalized spacial score (nSPS) is 24.2. The van der Waals surface area contributed by atoms with Crippen LogP contribution in [0.25, 0.3) is 0 Å². The summed E-state index contributed by atoms with van der Waals surface area (Å²) in [5.74, 6) is 1.10. The highest BCUT2D eigenvalue weighted by molar-refractivity contribution is 7.87. The Labute approximate surface area is 160 Å². The lowest BCUT2D eigenvalue weighted by atomic mass is 9.92. The molecule has 0 amide bonds. The molecule has 2 atom stereocenters. The number of aromatic nitrogens is 1. The molecule has 0 aliphatic carbocycles. The van der Waals surface area contributed by atoms with E-state index in [4.69, 9.17) is 10.5 Å². The molecule has 1 aliphatic rings. The fourth-order valence-corrected chi connectivity index (χ4v) is 4.30. The number of benzene rings is 1. The van der Waals surface area contributed by atoms with Gasteiger partial charge in [0.05, 0.1) is 23.1 Å². The molecule has 0 radical (unpaired) electrons. The number of amidine groups is 1. The molecular weight excluding hydrogens is 367 g/mol. The molecule has 2 aromatic rings. The quantitative estimate of drug-likeness (QED) is 0.837. The van der Waals surface area contributed by atoms with Crippen molar-refractivity contribution in [3.8, 4) is 5.75 Å². The molecule has 27 heavy (non-hydrogen) atoms. The van der Waals surface area contributed by atoms with Gasteiger partial charge in [-0.15, -0.1) is 0 Å². The standard InChI is InChI=1S/C19H23FN4O2S/c1-18(2)17(21)24-19(3,11-27(18)25)13-10-12(7-8-14(13)20)23-16-15(26-4)6-5-9-22-16/h5-10H,11H2,1-4H3,(H2,21,24)(H,22,23)/t19-,27-/m0/s1. The van der Waals surface area contributed by atoms with Gasteiger partial charge >= 0.3 is 0 Å². The van der Waals surface area contributed by atoms with E-state index in [2.05, 4.69) is 15.3 Å². The molecule has 8 heteroatoms. The summed E-state index contributed by atoms with van der Waals surface area (Å²) in [6.45, 7) is 5.31. The maximum absolute atomic E-state index is 14.7. The molecule has 0 saturated carbocycles. The number of hydrogen-bond donors (Lipinski definition) is 2. The first-order chi connectivity index (χ1) is 12.7. The van der Waals surface area contributed by atoms with E-state index < -0.39 is 26.9 Å². The van der Waals surface area contributed by atoms with Crippen molar-refractivity contribution in [2.45, 2.75) is 31.1 Å². The smallest absolute Gasteiger partial charge is 0.173 e. The van der Waals surface area contributed by atoms with Gasteiger partial charge in [0.1, 0.15) is 11.7 Å². The topological polar surface area (TPSA) is 89.6 Å². The summed E-state index contributed by atoms with van der Waals surface area (Å²) in [7, 11) is 0.268. The van der Waals surface area contributed by atoms with Gasteiger partial charge in [0.2, 0.25) is 0 Å². The molecule has 6 nitrogen and oxygen atoms in total. The minimum atomic E-state index is -1.28. The Morgan fingerprint density at radius 1 is 1.30 bits per heavy atom. The zero-order valence-corrected chi connectivity index (χ0v) is 16.6. The minimum Gasteiger partial charge on any atom is -0.493 e. The average molecular weight is 390 g/mol. The first kappa shape index (κ1) is 19.3. The Hall–Kier alpha value is -2.48. The number of nitrogens with one attached hydrogen (secondary N) is 1. The van der Waals surface area contributed by atoms with E-state index in [-0.39, 0.29) is 11.6 Å². The second-order valence-corrected chi connectivity index (χ2v) is 9.15. The number of aliphatic imine (C=N–C) groups is 1. The molecule has 0 unspecified atom stereocenters. The number of halogens is 1. The Morgan fingerprint density at radius 3 is 2.70 bits per heavy atom. The predicted octanol–water partition coefficient (Wildman–Crippen LogP) is 3.09. The summed E-state index contributed by atoms with van der Waals surface area (Å²) in [6, 6.07) is 8.14. The molecule has 0 saturated heterocycles. The van der Waals surface area contributed by atoms with E-state index in [0.29, 0.717) is 22.8 Å². The molecule has 3 N–H and O–H groups in total. The maximum atomic E-state index is 14.7. The Morgan fingerprint density at radius 2 is 2.04 bits per heavy atom. The van der Waals surface area contributed by atoms with Gasteiger partial charge in [0.25, 0.3) is 0 Å². The number of nitrogens with zero attached hydrogens (tertiary/aromatic N) is 2. The molecular formula is C19H23FN4O2S. The van der Waals surface area contributed by atoms with Gasteiger partial charge in [-0.25, -0.2) is 9.37 Å². The van der Waals surface area contributed by atoms with Crippen LogP contribution in [-0.4, -0.2) is 32.6 Å². The maximum Gasteiger partial charge on any atom is 0.173 e. The van der Waals surface area contributed by atoms with Crippen LogP contribution in [0.4, 0.5) is 15.9 Å². The Bertz CT molecular complexity index is 932. The van der Waals surface area contributed by atoms with Crippen LogP contribution >= 0.6 is 0 Å². The third-order valence-corrected chi connectivity index (χ3v) is 6.94. The van der Waals surface area contributed by atoms with E-state index in [9.17, 15) is 8.60 Å². The molecule has 2 heterocycles. The first-order valence-corrected chi connectivity index (χ1v) is 9.79. The number of methoxy groups -OCH3 is 1. The van der Waals surface area contributed by atoms with Crippen LogP contribution in [0, 0.1) is 5.82 Å². The second-order valence-electron chi connectivity index (χ2n) is 7.14. The molecule has 1 aliphatic heterocycles. The van der Waals surface area contributed by atoms with Crippen molar-refractivity contribution in [2.24, 2.45) is 10.7 Å². The van der Waals surface area contributed by atoms with E-state index in [1.54, 1.807) is 58.3 Å². The largest absolute Gasteiger partial charge is 0.493 e. The van der Waals surface area contributed by atoms with Crippen LogP contribution in [-0.2, 0) is 16.3 Å². The van der Waals surface area contributed by atoms with Crippen molar-refractivity contribution in [3.63, 3.8) is 0 Å². The lowest BCUT2D eigenvalue weighted by Gasteiger charge is -2.37. The third kappa shape index (κ3) is 3.53. The molecule has 0 fully saturated rings. The number of nitrogens with two attached hydrogens (primary N) is 1. The first-order valence-electron chi connectivity index (χ1n) is 8.48. The molecule has 144 valence electrons. The van der Waals surface area contributed by atoms with Crippen LogP contribution in [0.3, 0.4) is 0 Å². The average Bonchev–Trinajstić information content (AvgIpc) is 2.62. The molecule has 3 rings (SSSR count). The molecule has 0 bridgehead atoms. The fraction of sp³-hybridized carbons (Fsp3) is 0.368. The van der Waals surface area contributed by atoms with E-state index in [0.717, 1.165) is 0 Å². The van der Waals surface area contributed by atoms with Crippen molar-refractivity contribution < 1.29 is 13.3 Å². The lowest BCUT2D eigenvalue weighted by Crippen LogP contribution is -2.52. The number of pyridine rings is 1. The Kier molecular flexibility index (Phi) is 4.94. The third-order valence-electron chi connectivity index (χ3n) is 4.77. The van der Waals surface area contributed by atoms with Gasteiger partial charge in [-0.3, -0.25) is 9.20 Å². The summed E-state index contributed by atoms with van der Waals surface area (Å²) >= 11 is 0. The highest BCUT2D eigenvalue weighted by Gasteiger charge is 2.44. The number of hydrogen-bond acceptors (Lipinski definition) is 6. The Balaban J connectivity index is 2.01. The van der Waals surface area contributed by atoms with Gasteiger partial charge in [-0.2, -0.15) is 0 Å². The van der Waals surface area contributed by atoms with E-state index in [1.165, 1.54) is 6.07 Å². The van der Waals surface area contributed by atoms with Crippen LogP contribution in [0.15, 0.2) is 41.5 Å². The number of anilines is 2. The van der Waals surface area contributed by atoms with Gasteiger partial charge in [0.15, 0.2) is 11.6 Å². The van der Waals surface area contributed by atoms with E-state index in [1.807, 2.05) is 0 Å². The molecule has 0 spiro atoms. The summed E-state index contributed by atoms with van der Waals surface area (Å²) in [4.78, 5) is 8.77. The number of rotatable bonds is 4. The highest BCUT2D eigenvalue weighted by Crippen LogP contribution is 2.37. The van der Waals surface area contributed by atoms with Gasteiger partial charge < -0.3 is 15.8 Å². The van der Waals surface area contributed by atoms with Crippen molar-refractivity contribution in [1.29, 1.82) is 0 Å². The van der Waals surface area contributed by atoms with Crippen molar-refractivity contribution in [1.82, 2.24) is 4.98 Å². The second kappa shape index (κ2) is 6.92. The van der Waals surface area contributed by atoms with Gasteiger partial charge in [-0.1, -0.05) is 0 Å². The monoisotopic (exact) mass is 390 g/mol. The van der Waals surface area contributed by atoms with Crippen molar-refractivity contribution in [3.05, 3.63) is 47.9 Å². The highest BCUT2D eigenvalue weighted by atomic mass is 32.2. The SMILES string of the molecule is COc1cccnc1Nc1ccc(F)c([C@]2(C)C[S@](=O)C(C)(C)C(N)=N2)c1.